The van der Waals surface area contributed by atoms with Crippen LogP contribution in [0.5, 0.6) is 0 Å². The van der Waals surface area contributed by atoms with Crippen LogP contribution in [0, 0.1) is 6.92 Å². The van der Waals surface area contributed by atoms with Crippen molar-refractivity contribution in [1.82, 2.24) is 19.7 Å². The average molecular weight is 369 g/mol. The van der Waals surface area contributed by atoms with Crippen molar-refractivity contribution in [3.8, 4) is 0 Å². The van der Waals surface area contributed by atoms with Crippen molar-refractivity contribution in [2.75, 3.05) is 31.1 Å². The molecule has 134 valence electrons. The number of rotatable bonds is 3. The van der Waals surface area contributed by atoms with Crippen molar-refractivity contribution in [3.63, 3.8) is 0 Å². The number of aromatic nitrogens is 3. The van der Waals surface area contributed by atoms with Gasteiger partial charge >= 0.3 is 0 Å². The quantitative estimate of drug-likeness (QED) is 0.700. The third-order valence-corrected chi connectivity index (χ3v) is 5.49. The number of amides is 1. The van der Waals surface area contributed by atoms with Gasteiger partial charge < -0.3 is 9.80 Å². The number of fused-ring (bicyclic) bond motifs is 1. The highest BCUT2D eigenvalue weighted by molar-refractivity contribution is 7.13. The molecule has 7 nitrogen and oxygen atoms in total. The van der Waals surface area contributed by atoms with E-state index < -0.39 is 0 Å². The van der Waals surface area contributed by atoms with Gasteiger partial charge in [0.2, 0.25) is 5.91 Å². The lowest BCUT2D eigenvalue weighted by Crippen LogP contribution is -2.50. The number of carbonyl (C=O) groups is 1. The fraction of sp³-hybridized carbons (Fsp3) is 0.333. The minimum atomic E-state index is -0.221. The molecule has 0 N–H and O–H groups in total. The van der Waals surface area contributed by atoms with Gasteiger partial charge in [0.05, 0.1) is 11.1 Å². The van der Waals surface area contributed by atoms with Crippen LogP contribution in [-0.4, -0.2) is 51.8 Å². The van der Waals surface area contributed by atoms with Gasteiger partial charge in [-0.1, -0.05) is 18.2 Å². The Morgan fingerprint density at radius 3 is 2.58 bits per heavy atom. The van der Waals surface area contributed by atoms with Crippen molar-refractivity contribution in [2.45, 2.75) is 13.5 Å². The summed E-state index contributed by atoms with van der Waals surface area (Å²) >= 11 is 1.60. The van der Waals surface area contributed by atoms with E-state index in [1.165, 1.54) is 4.68 Å². The van der Waals surface area contributed by atoms with Gasteiger partial charge in [0.25, 0.3) is 5.56 Å². The minimum absolute atomic E-state index is 0.0260. The van der Waals surface area contributed by atoms with Gasteiger partial charge in [-0.05, 0) is 13.0 Å². The number of aryl methyl sites for hydroxylation is 1. The molecular weight excluding hydrogens is 350 g/mol. The van der Waals surface area contributed by atoms with Gasteiger partial charge in [0, 0.05) is 43.1 Å². The largest absolute Gasteiger partial charge is 0.345 e. The highest BCUT2D eigenvalue weighted by Gasteiger charge is 2.23. The van der Waals surface area contributed by atoms with Gasteiger partial charge in [0.1, 0.15) is 6.54 Å². The lowest BCUT2D eigenvalue weighted by Gasteiger charge is -2.34. The predicted octanol–water partition coefficient (Wildman–Crippen LogP) is 1.51. The monoisotopic (exact) mass is 369 g/mol. The van der Waals surface area contributed by atoms with Crippen molar-refractivity contribution in [3.05, 3.63) is 51.9 Å². The van der Waals surface area contributed by atoms with E-state index in [0.29, 0.717) is 18.5 Å². The number of anilines is 1. The number of thiazole rings is 1. The van der Waals surface area contributed by atoms with E-state index in [-0.39, 0.29) is 18.0 Å². The van der Waals surface area contributed by atoms with E-state index >= 15 is 0 Å². The molecule has 1 fully saturated rings. The number of carbonyl (C=O) groups excluding carboxylic acids is 1. The average Bonchev–Trinajstić information content (AvgIpc) is 3.21. The van der Waals surface area contributed by atoms with Crippen LogP contribution in [0.25, 0.3) is 10.8 Å². The molecule has 3 aromatic rings. The summed E-state index contributed by atoms with van der Waals surface area (Å²) in [4.78, 5) is 33.6. The van der Waals surface area contributed by atoms with Crippen LogP contribution in [0.2, 0.25) is 0 Å². The van der Waals surface area contributed by atoms with Crippen molar-refractivity contribution in [1.29, 1.82) is 0 Å². The van der Waals surface area contributed by atoms with Gasteiger partial charge in [-0.3, -0.25) is 9.59 Å². The molecule has 1 aromatic carbocycles. The Kier molecular flexibility index (Phi) is 4.42. The normalized spacial score (nSPS) is 14.8. The first-order chi connectivity index (χ1) is 12.6. The second-order valence-electron chi connectivity index (χ2n) is 6.28. The second kappa shape index (κ2) is 6.87. The molecule has 1 aliphatic heterocycles. The summed E-state index contributed by atoms with van der Waals surface area (Å²) in [5, 5.41) is 8.70. The Morgan fingerprint density at radius 2 is 1.88 bits per heavy atom. The molecule has 0 spiro atoms. The van der Waals surface area contributed by atoms with Crippen LogP contribution in [0.15, 0.2) is 40.6 Å². The fourth-order valence-corrected chi connectivity index (χ4v) is 3.96. The molecule has 0 aliphatic carbocycles. The van der Waals surface area contributed by atoms with Gasteiger partial charge in [-0.2, -0.15) is 5.10 Å². The summed E-state index contributed by atoms with van der Waals surface area (Å²) in [5.74, 6) is -0.0759. The molecule has 1 saturated heterocycles. The summed E-state index contributed by atoms with van der Waals surface area (Å²) < 4.78 is 1.28. The highest BCUT2D eigenvalue weighted by Crippen LogP contribution is 2.19. The van der Waals surface area contributed by atoms with Gasteiger partial charge in [-0.25, -0.2) is 9.67 Å². The zero-order chi connectivity index (χ0) is 18.1. The van der Waals surface area contributed by atoms with Crippen LogP contribution in [0.4, 0.5) is 5.13 Å². The number of hydrogen-bond acceptors (Lipinski definition) is 6. The predicted molar refractivity (Wildman–Crippen MR) is 102 cm³/mol. The van der Waals surface area contributed by atoms with Crippen molar-refractivity contribution in [2.24, 2.45) is 0 Å². The van der Waals surface area contributed by atoms with Crippen molar-refractivity contribution < 1.29 is 4.79 Å². The molecule has 0 unspecified atom stereocenters. The van der Waals surface area contributed by atoms with E-state index in [2.05, 4.69) is 15.0 Å². The Balaban J connectivity index is 1.48. The first kappa shape index (κ1) is 16.7. The highest BCUT2D eigenvalue weighted by atomic mass is 32.1. The standard InChI is InChI=1S/C18H19N5O2S/c1-13-14-4-2-3-5-15(14)17(25)23(20-13)12-16(24)21-7-9-22(10-8-21)18-19-6-11-26-18/h2-6,11H,7-10,12H2,1H3. The Labute approximate surface area is 154 Å². The van der Waals surface area contributed by atoms with Crippen LogP contribution in [0.3, 0.4) is 0 Å². The zero-order valence-electron chi connectivity index (χ0n) is 14.5. The van der Waals surface area contributed by atoms with Gasteiger partial charge in [0.15, 0.2) is 5.13 Å². The molecule has 2 aromatic heterocycles. The molecule has 0 bridgehead atoms. The Hall–Kier alpha value is -2.74. The summed E-state index contributed by atoms with van der Waals surface area (Å²) in [6, 6.07) is 7.37. The second-order valence-corrected chi connectivity index (χ2v) is 7.15. The van der Waals surface area contributed by atoms with E-state index in [0.717, 1.165) is 29.3 Å². The third-order valence-electron chi connectivity index (χ3n) is 4.66. The molecule has 4 rings (SSSR count). The summed E-state index contributed by atoms with van der Waals surface area (Å²) in [5.41, 5.74) is 0.530. The smallest absolute Gasteiger partial charge is 0.275 e. The zero-order valence-corrected chi connectivity index (χ0v) is 15.3. The fourth-order valence-electron chi connectivity index (χ4n) is 3.26. The van der Waals surface area contributed by atoms with Crippen LogP contribution in [-0.2, 0) is 11.3 Å². The summed E-state index contributed by atoms with van der Waals surface area (Å²) in [7, 11) is 0. The lowest BCUT2D eigenvalue weighted by atomic mass is 10.1. The topological polar surface area (TPSA) is 71.3 Å². The maximum absolute atomic E-state index is 12.7. The molecule has 26 heavy (non-hydrogen) atoms. The molecule has 1 amide bonds. The lowest BCUT2D eigenvalue weighted by molar-refractivity contribution is -0.132. The minimum Gasteiger partial charge on any atom is -0.345 e. The third kappa shape index (κ3) is 3.08. The van der Waals surface area contributed by atoms with E-state index in [1.807, 2.05) is 30.5 Å². The Bertz CT molecular complexity index is 990. The molecule has 0 atom stereocenters. The molecule has 0 saturated carbocycles. The maximum Gasteiger partial charge on any atom is 0.275 e. The molecule has 8 heteroatoms. The van der Waals surface area contributed by atoms with Crippen LogP contribution < -0.4 is 10.5 Å². The molecular formula is C18H19N5O2S. The van der Waals surface area contributed by atoms with E-state index in [9.17, 15) is 9.59 Å². The van der Waals surface area contributed by atoms with Gasteiger partial charge in [-0.15, -0.1) is 11.3 Å². The first-order valence-electron chi connectivity index (χ1n) is 8.52. The molecule has 1 aliphatic rings. The van der Waals surface area contributed by atoms with E-state index in [4.69, 9.17) is 0 Å². The van der Waals surface area contributed by atoms with Crippen LogP contribution in [0.1, 0.15) is 5.69 Å². The Morgan fingerprint density at radius 1 is 1.15 bits per heavy atom. The number of nitrogens with zero attached hydrogens (tertiary/aromatic N) is 5. The van der Waals surface area contributed by atoms with Crippen molar-refractivity contribution >= 4 is 33.1 Å². The molecule has 3 heterocycles. The van der Waals surface area contributed by atoms with Crippen LogP contribution >= 0.6 is 11.3 Å². The molecule has 0 radical (unpaired) electrons. The number of piperazine rings is 1. The summed E-state index contributed by atoms with van der Waals surface area (Å²) in [6.45, 7) is 4.58. The maximum atomic E-state index is 12.7. The van der Waals surface area contributed by atoms with E-state index in [1.54, 1.807) is 28.5 Å². The number of benzene rings is 1. The number of hydrogen-bond donors (Lipinski definition) is 0. The summed E-state index contributed by atoms with van der Waals surface area (Å²) in [6.07, 6.45) is 1.79. The first-order valence-corrected chi connectivity index (χ1v) is 9.40. The SMILES string of the molecule is Cc1nn(CC(=O)N2CCN(c3nccs3)CC2)c(=O)c2ccccc12.